The summed E-state index contributed by atoms with van der Waals surface area (Å²) in [5.74, 6) is 0.143. The van der Waals surface area contributed by atoms with E-state index in [1.807, 2.05) is 12.1 Å². The first-order valence-electron chi connectivity index (χ1n) is 8.98. The van der Waals surface area contributed by atoms with Crippen molar-refractivity contribution in [1.29, 1.82) is 0 Å². The van der Waals surface area contributed by atoms with Crippen molar-refractivity contribution in [1.82, 2.24) is 20.2 Å². The molecule has 138 valence electrons. The van der Waals surface area contributed by atoms with E-state index < -0.39 is 0 Å². The Bertz CT molecular complexity index is 718. The number of amides is 1. The maximum absolute atomic E-state index is 12.3. The molecule has 7 nitrogen and oxygen atoms in total. The van der Waals surface area contributed by atoms with Crippen molar-refractivity contribution in [2.75, 3.05) is 32.0 Å². The van der Waals surface area contributed by atoms with Crippen LogP contribution in [0.4, 0.5) is 5.95 Å². The highest BCUT2D eigenvalue weighted by Gasteiger charge is 2.21. The van der Waals surface area contributed by atoms with Gasteiger partial charge in [0.2, 0.25) is 5.95 Å². The molecule has 0 bridgehead atoms. The highest BCUT2D eigenvalue weighted by atomic mass is 16.3. The molecule has 2 aromatic rings. The van der Waals surface area contributed by atoms with E-state index in [1.165, 1.54) is 6.42 Å². The summed E-state index contributed by atoms with van der Waals surface area (Å²) in [5.41, 5.74) is 7.89. The van der Waals surface area contributed by atoms with E-state index in [0.717, 1.165) is 37.1 Å². The van der Waals surface area contributed by atoms with Crippen LogP contribution in [0.2, 0.25) is 0 Å². The van der Waals surface area contributed by atoms with Crippen LogP contribution < -0.4 is 11.1 Å². The van der Waals surface area contributed by atoms with Gasteiger partial charge in [-0.25, -0.2) is 9.97 Å². The number of nitrogen functional groups attached to an aromatic ring is 1. The lowest BCUT2D eigenvalue weighted by molar-refractivity contribution is 0.0849. The fourth-order valence-corrected chi connectivity index (χ4v) is 3.28. The number of piperidine rings is 1. The van der Waals surface area contributed by atoms with E-state index in [4.69, 9.17) is 5.73 Å². The van der Waals surface area contributed by atoms with Crippen molar-refractivity contribution in [2.24, 2.45) is 0 Å². The third-order valence-corrected chi connectivity index (χ3v) is 4.80. The van der Waals surface area contributed by atoms with Crippen LogP contribution in [0.1, 0.15) is 29.6 Å². The molecular formula is C19H25N5O2. The van der Waals surface area contributed by atoms with Crippen LogP contribution in [0.5, 0.6) is 0 Å². The molecule has 4 N–H and O–H groups in total. The molecule has 0 radical (unpaired) electrons. The monoisotopic (exact) mass is 355 g/mol. The lowest BCUT2D eigenvalue weighted by Gasteiger charge is -2.34. The minimum absolute atomic E-state index is 0.0948. The summed E-state index contributed by atoms with van der Waals surface area (Å²) in [6, 6.07) is 7.55. The molecular weight excluding hydrogens is 330 g/mol. The van der Waals surface area contributed by atoms with Crippen LogP contribution in [0, 0.1) is 0 Å². The fourth-order valence-electron chi connectivity index (χ4n) is 3.28. The zero-order valence-corrected chi connectivity index (χ0v) is 14.8. The second-order valence-corrected chi connectivity index (χ2v) is 6.53. The lowest BCUT2D eigenvalue weighted by Crippen LogP contribution is -2.45. The largest absolute Gasteiger partial charge is 0.395 e. The minimum atomic E-state index is -0.0948. The van der Waals surface area contributed by atoms with E-state index >= 15 is 0 Å². The number of carbonyl (C=O) groups is 1. The average molecular weight is 355 g/mol. The Morgan fingerprint density at radius 2 is 1.92 bits per heavy atom. The van der Waals surface area contributed by atoms with Gasteiger partial charge in [0.15, 0.2) is 0 Å². The molecule has 1 atom stereocenters. The molecule has 0 spiro atoms. The molecule has 2 heterocycles. The molecule has 1 aromatic carbocycles. The van der Waals surface area contributed by atoms with Crippen molar-refractivity contribution in [3.05, 3.63) is 42.2 Å². The summed E-state index contributed by atoms with van der Waals surface area (Å²) in [5, 5.41) is 12.4. The number of carbonyl (C=O) groups excluding carboxylic acids is 1. The van der Waals surface area contributed by atoms with Crippen molar-refractivity contribution in [2.45, 2.75) is 25.3 Å². The SMILES string of the molecule is Nc1ncc(-c2ccc(C(=O)NCCN3CCCC[C@H]3CO)cc2)cn1. The van der Waals surface area contributed by atoms with Gasteiger partial charge in [-0.2, -0.15) is 0 Å². The van der Waals surface area contributed by atoms with Crippen LogP contribution in [0.3, 0.4) is 0 Å². The van der Waals surface area contributed by atoms with E-state index in [1.54, 1.807) is 24.5 Å². The van der Waals surface area contributed by atoms with E-state index in [2.05, 4.69) is 20.2 Å². The van der Waals surface area contributed by atoms with E-state index in [9.17, 15) is 9.90 Å². The molecule has 7 heteroatoms. The zero-order chi connectivity index (χ0) is 18.4. The predicted molar refractivity (Wildman–Crippen MR) is 101 cm³/mol. The summed E-state index contributed by atoms with van der Waals surface area (Å²) in [4.78, 5) is 22.5. The van der Waals surface area contributed by atoms with Gasteiger partial charge in [0.05, 0.1) is 6.61 Å². The van der Waals surface area contributed by atoms with Crippen molar-refractivity contribution in [3.8, 4) is 11.1 Å². The number of nitrogens with zero attached hydrogens (tertiary/aromatic N) is 3. The highest BCUT2D eigenvalue weighted by molar-refractivity contribution is 5.94. The number of benzene rings is 1. The number of hydrogen-bond acceptors (Lipinski definition) is 6. The van der Waals surface area contributed by atoms with Gasteiger partial charge in [-0.3, -0.25) is 9.69 Å². The number of hydrogen-bond donors (Lipinski definition) is 3. The molecule has 1 aliphatic heterocycles. The van der Waals surface area contributed by atoms with Gasteiger partial charge >= 0.3 is 0 Å². The molecule has 0 unspecified atom stereocenters. The number of aliphatic hydroxyl groups excluding tert-OH is 1. The molecule has 1 fully saturated rings. The number of rotatable bonds is 6. The predicted octanol–water partition coefficient (Wildman–Crippen LogP) is 1.30. The van der Waals surface area contributed by atoms with Gasteiger partial charge in [-0.05, 0) is 37.1 Å². The van der Waals surface area contributed by atoms with Crippen molar-refractivity contribution < 1.29 is 9.90 Å². The Hall–Kier alpha value is -2.51. The summed E-state index contributed by atoms with van der Waals surface area (Å²) in [7, 11) is 0. The molecule has 3 rings (SSSR count). The number of nitrogens with one attached hydrogen (secondary N) is 1. The molecule has 26 heavy (non-hydrogen) atoms. The maximum Gasteiger partial charge on any atom is 0.251 e. The number of aliphatic hydroxyl groups is 1. The number of nitrogens with two attached hydrogens (primary N) is 1. The Morgan fingerprint density at radius 1 is 1.19 bits per heavy atom. The second kappa shape index (κ2) is 8.73. The third kappa shape index (κ3) is 4.56. The van der Waals surface area contributed by atoms with Gasteiger partial charge in [0.25, 0.3) is 5.91 Å². The van der Waals surface area contributed by atoms with E-state index in [-0.39, 0.29) is 24.5 Å². The average Bonchev–Trinajstić information content (AvgIpc) is 2.69. The van der Waals surface area contributed by atoms with E-state index in [0.29, 0.717) is 12.1 Å². The van der Waals surface area contributed by atoms with Gasteiger partial charge in [0, 0.05) is 42.7 Å². The molecule has 1 aliphatic rings. The quantitative estimate of drug-likeness (QED) is 0.721. The summed E-state index contributed by atoms with van der Waals surface area (Å²) < 4.78 is 0. The van der Waals surface area contributed by atoms with Crippen LogP contribution in [-0.4, -0.2) is 58.2 Å². The molecule has 1 saturated heterocycles. The topological polar surface area (TPSA) is 104 Å². The normalized spacial score (nSPS) is 17.8. The van der Waals surface area contributed by atoms with Crippen LogP contribution in [0.15, 0.2) is 36.7 Å². The Kier molecular flexibility index (Phi) is 6.14. The Balaban J connectivity index is 1.52. The third-order valence-electron chi connectivity index (χ3n) is 4.80. The first-order chi connectivity index (χ1) is 12.7. The van der Waals surface area contributed by atoms with Crippen LogP contribution >= 0.6 is 0 Å². The van der Waals surface area contributed by atoms with Crippen LogP contribution in [0.25, 0.3) is 11.1 Å². The Morgan fingerprint density at radius 3 is 2.62 bits per heavy atom. The first-order valence-corrected chi connectivity index (χ1v) is 8.98. The maximum atomic E-state index is 12.3. The highest BCUT2D eigenvalue weighted by Crippen LogP contribution is 2.18. The van der Waals surface area contributed by atoms with Gasteiger partial charge in [-0.15, -0.1) is 0 Å². The Labute approximate surface area is 153 Å². The number of likely N-dealkylation sites (tertiary alicyclic amines) is 1. The van der Waals surface area contributed by atoms with Gasteiger partial charge in [-0.1, -0.05) is 18.6 Å². The number of aromatic nitrogens is 2. The zero-order valence-electron chi connectivity index (χ0n) is 14.8. The summed E-state index contributed by atoms with van der Waals surface area (Å²) >= 11 is 0. The second-order valence-electron chi connectivity index (χ2n) is 6.53. The molecule has 0 aliphatic carbocycles. The smallest absolute Gasteiger partial charge is 0.251 e. The number of anilines is 1. The minimum Gasteiger partial charge on any atom is -0.395 e. The van der Waals surface area contributed by atoms with Crippen molar-refractivity contribution >= 4 is 11.9 Å². The molecule has 1 amide bonds. The fraction of sp³-hybridized carbons (Fsp3) is 0.421. The lowest BCUT2D eigenvalue weighted by atomic mass is 10.0. The van der Waals surface area contributed by atoms with Gasteiger partial charge in [0.1, 0.15) is 0 Å². The molecule has 1 aromatic heterocycles. The summed E-state index contributed by atoms with van der Waals surface area (Å²) in [6.45, 7) is 2.50. The first kappa shape index (κ1) is 18.3. The van der Waals surface area contributed by atoms with Gasteiger partial charge < -0.3 is 16.2 Å². The standard InChI is InChI=1S/C19H25N5O2/c20-19-22-11-16(12-23-19)14-4-6-15(7-5-14)18(26)21-8-10-24-9-2-1-3-17(24)13-25/h4-7,11-12,17,25H,1-3,8-10,13H2,(H,21,26)(H2,20,22,23)/t17-/m0/s1. The molecule has 0 saturated carbocycles. The summed E-state index contributed by atoms with van der Waals surface area (Å²) in [6.07, 6.45) is 6.67. The van der Waals surface area contributed by atoms with Crippen LogP contribution in [-0.2, 0) is 0 Å². The van der Waals surface area contributed by atoms with Crippen molar-refractivity contribution in [3.63, 3.8) is 0 Å².